The normalized spacial score (nSPS) is 23.1. The van der Waals surface area contributed by atoms with E-state index in [9.17, 15) is 0 Å². The first-order valence-corrected chi connectivity index (χ1v) is 7.67. The van der Waals surface area contributed by atoms with Crippen LogP contribution in [0.25, 0.3) is 0 Å². The SMILES string of the molecule is CC1(C)CCCN(Cc2cccc3c2CCNC3)C1. The van der Waals surface area contributed by atoms with Crippen LogP contribution in [0.5, 0.6) is 0 Å². The lowest BCUT2D eigenvalue weighted by atomic mass is 9.84. The molecule has 2 aliphatic rings. The molecule has 0 radical (unpaired) electrons. The highest BCUT2D eigenvalue weighted by Gasteiger charge is 2.26. The number of nitrogens with zero attached hydrogens (tertiary/aromatic N) is 1. The van der Waals surface area contributed by atoms with Crippen LogP contribution >= 0.6 is 0 Å². The van der Waals surface area contributed by atoms with Crippen molar-refractivity contribution in [3.63, 3.8) is 0 Å². The van der Waals surface area contributed by atoms with Crippen LogP contribution in [0.2, 0.25) is 0 Å². The Kier molecular flexibility index (Phi) is 3.64. The zero-order chi connectivity index (χ0) is 13.3. The number of nitrogens with one attached hydrogen (secondary N) is 1. The Labute approximate surface area is 117 Å². The van der Waals surface area contributed by atoms with Gasteiger partial charge in [-0.15, -0.1) is 0 Å². The second-order valence-corrected chi connectivity index (χ2v) is 6.96. The summed E-state index contributed by atoms with van der Waals surface area (Å²) >= 11 is 0. The summed E-state index contributed by atoms with van der Waals surface area (Å²) in [7, 11) is 0. The molecule has 3 rings (SSSR count). The molecule has 2 heterocycles. The summed E-state index contributed by atoms with van der Waals surface area (Å²) in [6.45, 7) is 10.7. The molecule has 104 valence electrons. The van der Waals surface area contributed by atoms with Crippen LogP contribution in [-0.2, 0) is 19.5 Å². The molecule has 0 aromatic heterocycles. The molecule has 0 spiro atoms. The van der Waals surface area contributed by atoms with Gasteiger partial charge in [0.05, 0.1) is 0 Å². The van der Waals surface area contributed by atoms with E-state index in [1.807, 2.05) is 0 Å². The molecule has 0 unspecified atom stereocenters. The summed E-state index contributed by atoms with van der Waals surface area (Å²) in [5.41, 5.74) is 5.19. The molecular weight excluding hydrogens is 232 g/mol. The number of fused-ring (bicyclic) bond motifs is 1. The Balaban J connectivity index is 1.76. The van der Waals surface area contributed by atoms with E-state index in [1.165, 1.54) is 37.9 Å². The topological polar surface area (TPSA) is 15.3 Å². The molecule has 2 heteroatoms. The molecule has 0 atom stereocenters. The highest BCUT2D eigenvalue weighted by Crippen LogP contribution is 2.30. The van der Waals surface area contributed by atoms with Crippen LogP contribution in [0.4, 0.5) is 0 Å². The second kappa shape index (κ2) is 5.26. The zero-order valence-electron chi connectivity index (χ0n) is 12.3. The molecule has 1 N–H and O–H groups in total. The predicted molar refractivity (Wildman–Crippen MR) is 80.1 cm³/mol. The molecule has 1 aromatic rings. The van der Waals surface area contributed by atoms with E-state index in [4.69, 9.17) is 0 Å². The van der Waals surface area contributed by atoms with E-state index >= 15 is 0 Å². The van der Waals surface area contributed by atoms with Crippen molar-refractivity contribution in [2.24, 2.45) is 5.41 Å². The van der Waals surface area contributed by atoms with E-state index in [0.717, 1.165) is 19.6 Å². The van der Waals surface area contributed by atoms with Gasteiger partial charge in [0, 0.05) is 19.6 Å². The molecule has 1 aromatic carbocycles. The molecule has 0 aliphatic carbocycles. The van der Waals surface area contributed by atoms with Gasteiger partial charge in [0.15, 0.2) is 0 Å². The van der Waals surface area contributed by atoms with Gasteiger partial charge in [0.2, 0.25) is 0 Å². The summed E-state index contributed by atoms with van der Waals surface area (Å²) in [6.07, 6.45) is 3.92. The van der Waals surface area contributed by atoms with Gasteiger partial charge in [-0.25, -0.2) is 0 Å². The summed E-state index contributed by atoms with van der Waals surface area (Å²) in [5.74, 6) is 0. The number of benzene rings is 1. The van der Waals surface area contributed by atoms with Gasteiger partial charge in [0.1, 0.15) is 0 Å². The Morgan fingerprint density at radius 3 is 3.05 bits per heavy atom. The largest absolute Gasteiger partial charge is 0.312 e. The molecule has 0 saturated carbocycles. The van der Waals surface area contributed by atoms with Crippen LogP contribution < -0.4 is 5.32 Å². The van der Waals surface area contributed by atoms with E-state index in [2.05, 4.69) is 42.3 Å². The van der Waals surface area contributed by atoms with Crippen molar-refractivity contribution in [1.29, 1.82) is 0 Å². The number of hydrogen-bond donors (Lipinski definition) is 1. The average molecular weight is 258 g/mol. The van der Waals surface area contributed by atoms with Crippen molar-refractivity contribution in [1.82, 2.24) is 10.2 Å². The van der Waals surface area contributed by atoms with Crippen molar-refractivity contribution in [2.45, 2.75) is 46.2 Å². The third-order valence-corrected chi connectivity index (χ3v) is 4.61. The summed E-state index contributed by atoms with van der Waals surface area (Å²) < 4.78 is 0. The average Bonchev–Trinajstić information content (AvgIpc) is 2.38. The molecule has 2 aliphatic heterocycles. The van der Waals surface area contributed by atoms with Crippen LogP contribution in [0.1, 0.15) is 43.4 Å². The lowest BCUT2D eigenvalue weighted by Gasteiger charge is -2.38. The van der Waals surface area contributed by atoms with Gasteiger partial charge < -0.3 is 5.32 Å². The van der Waals surface area contributed by atoms with Gasteiger partial charge in [-0.2, -0.15) is 0 Å². The molecule has 19 heavy (non-hydrogen) atoms. The monoisotopic (exact) mass is 258 g/mol. The molecule has 1 fully saturated rings. The van der Waals surface area contributed by atoms with E-state index in [0.29, 0.717) is 5.41 Å². The van der Waals surface area contributed by atoms with Crippen LogP contribution in [0, 0.1) is 5.41 Å². The maximum atomic E-state index is 3.47. The molecule has 0 bridgehead atoms. The molecule has 0 amide bonds. The Morgan fingerprint density at radius 1 is 1.32 bits per heavy atom. The molecule has 2 nitrogen and oxygen atoms in total. The van der Waals surface area contributed by atoms with Gasteiger partial charge in [-0.3, -0.25) is 4.90 Å². The summed E-state index contributed by atoms with van der Waals surface area (Å²) in [6, 6.07) is 6.85. The number of hydrogen-bond acceptors (Lipinski definition) is 2. The minimum Gasteiger partial charge on any atom is -0.312 e. The number of rotatable bonds is 2. The van der Waals surface area contributed by atoms with Crippen molar-refractivity contribution in [2.75, 3.05) is 19.6 Å². The Bertz CT molecular complexity index is 451. The van der Waals surface area contributed by atoms with Crippen molar-refractivity contribution in [3.8, 4) is 0 Å². The third-order valence-electron chi connectivity index (χ3n) is 4.61. The highest BCUT2D eigenvalue weighted by atomic mass is 15.1. The smallest absolute Gasteiger partial charge is 0.0236 e. The van der Waals surface area contributed by atoms with E-state index in [1.54, 1.807) is 11.1 Å². The second-order valence-electron chi connectivity index (χ2n) is 6.96. The summed E-state index contributed by atoms with van der Waals surface area (Å²) in [5, 5.41) is 3.47. The van der Waals surface area contributed by atoms with Crippen molar-refractivity contribution in [3.05, 3.63) is 34.9 Å². The highest BCUT2D eigenvalue weighted by molar-refractivity contribution is 5.37. The van der Waals surface area contributed by atoms with Crippen LogP contribution in [0.15, 0.2) is 18.2 Å². The maximum absolute atomic E-state index is 3.47. The van der Waals surface area contributed by atoms with Gasteiger partial charge in [-0.05, 0) is 54.5 Å². The number of piperidine rings is 1. The fourth-order valence-electron chi connectivity index (χ4n) is 3.68. The van der Waals surface area contributed by atoms with E-state index < -0.39 is 0 Å². The van der Waals surface area contributed by atoms with E-state index in [-0.39, 0.29) is 0 Å². The first kappa shape index (κ1) is 13.1. The third kappa shape index (κ3) is 3.01. The predicted octanol–water partition coefficient (Wildman–Crippen LogP) is 2.95. The van der Waals surface area contributed by atoms with Gasteiger partial charge in [0.25, 0.3) is 0 Å². The van der Waals surface area contributed by atoms with Gasteiger partial charge >= 0.3 is 0 Å². The van der Waals surface area contributed by atoms with Crippen LogP contribution in [-0.4, -0.2) is 24.5 Å². The number of likely N-dealkylation sites (tertiary alicyclic amines) is 1. The lowest BCUT2D eigenvalue weighted by molar-refractivity contribution is 0.111. The zero-order valence-corrected chi connectivity index (χ0v) is 12.3. The summed E-state index contributed by atoms with van der Waals surface area (Å²) in [4.78, 5) is 2.65. The van der Waals surface area contributed by atoms with Crippen molar-refractivity contribution < 1.29 is 0 Å². The lowest BCUT2D eigenvalue weighted by Crippen LogP contribution is -2.39. The Morgan fingerprint density at radius 2 is 2.21 bits per heavy atom. The van der Waals surface area contributed by atoms with Crippen molar-refractivity contribution >= 4 is 0 Å². The standard InChI is InChI=1S/C17H26N2/c1-17(2)8-4-10-19(13-17)12-15-6-3-5-14-11-18-9-7-16(14)15/h3,5-6,18H,4,7-13H2,1-2H3. The maximum Gasteiger partial charge on any atom is 0.0236 e. The Hall–Kier alpha value is -0.860. The molecule has 1 saturated heterocycles. The molecular formula is C17H26N2. The fourth-order valence-corrected chi connectivity index (χ4v) is 3.68. The first-order valence-electron chi connectivity index (χ1n) is 7.67. The van der Waals surface area contributed by atoms with Gasteiger partial charge in [-0.1, -0.05) is 32.0 Å². The van der Waals surface area contributed by atoms with Crippen LogP contribution in [0.3, 0.4) is 0 Å². The quantitative estimate of drug-likeness (QED) is 0.877. The fraction of sp³-hybridized carbons (Fsp3) is 0.647. The first-order chi connectivity index (χ1) is 9.14. The minimum absolute atomic E-state index is 0.495. The minimum atomic E-state index is 0.495.